The summed E-state index contributed by atoms with van der Waals surface area (Å²) in [7, 11) is 1.45. The molecule has 1 aromatic carbocycles. The highest BCUT2D eigenvalue weighted by molar-refractivity contribution is 5.85. The first-order valence-electron chi connectivity index (χ1n) is 3.59. The summed E-state index contributed by atoms with van der Waals surface area (Å²) in [5.41, 5.74) is 1.06. The molecule has 0 saturated heterocycles. The molecule has 0 aromatic heterocycles. The molecule has 0 saturated carbocycles. The summed E-state index contributed by atoms with van der Waals surface area (Å²) in [5, 5.41) is 8.63. The summed E-state index contributed by atoms with van der Waals surface area (Å²) in [6.07, 6.45) is -1.02. The van der Waals surface area contributed by atoms with E-state index in [0.29, 0.717) is 11.4 Å². The highest BCUT2D eigenvalue weighted by Crippen LogP contribution is 2.18. The molecule has 0 atom stereocenters. The van der Waals surface area contributed by atoms with Gasteiger partial charge in [0.2, 0.25) is 0 Å². The van der Waals surface area contributed by atoms with Crippen LogP contribution in [0, 0.1) is 6.57 Å². The van der Waals surface area contributed by atoms with Gasteiger partial charge >= 0.3 is 6.09 Å². The fourth-order valence-electron chi connectivity index (χ4n) is 0.861. The van der Waals surface area contributed by atoms with Crippen LogP contribution in [0.25, 0.3) is 4.85 Å². The Hall–Kier alpha value is -2.02. The van der Waals surface area contributed by atoms with Crippen LogP contribution in [0.3, 0.4) is 0 Å². The zero-order chi connectivity index (χ0) is 9.84. The summed E-state index contributed by atoms with van der Waals surface area (Å²) in [6.45, 7) is 6.70. The Balaban J connectivity index is 2.93. The van der Waals surface area contributed by atoms with Gasteiger partial charge in [-0.1, -0.05) is 12.1 Å². The van der Waals surface area contributed by atoms with Crippen molar-refractivity contribution in [3.05, 3.63) is 35.7 Å². The van der Waals surface area contributed by atoms with Crippen molar-refractivity contribution in [1.82, 2.24) is 0 Å². The van der Waals surface area contributed by atoms with Gasteiger partial charge in [0.1, 0.15) is 0 Å². The lowest BCUT2D eigenvalue weighted by Gasteiger charge is -2.12. The van der Waals surface area contributed by atoms with Crippen molar-refractivity contribution in [3.63, 3.8) is 0 Å². The predicted octanol–water partition coefficient (Wildman–Crippen LogP) is 2.35. The summed E-state index contributed by atoms with van der Waals surface area (Å²) in [5.74, 6) is 0. The second kappa shape index (κ2) is 3.59. The first-order valence-corrected chi connectivity index (χ1v) is 3.59. The molecule has 0 bridgehead atoms. The summed E-state index contributed by atoms with van der Waals surface area (Å²) in [6, 6.07) is 6.37. The Morgan fingerprint density at radius 2 is 2.00 bits per heavy atom. The average Bonchev–Trinajstić information content (AvgIpc) is 2.17. The molecule has 1 rings (SSSR count). The molecular weight excluding hydrogens is 168 g/mol. The van der Waals surface area contributed by atoms with Gasteiger partial charge in [-0.15, -0.1) is 0 Å². The maximum Gasteiger partial charge on any atom is 0.411 e. The van der Waals surface area contributed by atoms with E-state index in [1.807, 2.05) is 0 Å². The molecule has 0 unspecified atom stereocenters. The predicted molar refractivity (Wildman–Crippen MR) is 49.1 cm³/mol. The normalized spacial score (nSPS) is 8.92. The van der Waals surface area contributed by atoms with Crippen LogP contribution in [0.4, 0.5) is 16.2 Å². The van der Waals surface area contributed by atoms with E-state index < -0.39 is 6.09 Å². The highest BCUT2D eigenvalue weighted by atomic mass is 16.4. The number of hydrogen-bond acceptors (Lipinski definition) is 1. The SMILES string of the molecule is [C-]#[N+]c1ccc(N(C)C(=O)O)cc1. The van der Waals surface area contributed by atoms with Crippen LogP contribution >= 0.6 is 0 Å². The van der Waals surface area contributed by atoms with Crippen molar-refractivity contribution in [2.45, 2.75) is 0 Å². The largest absolute Gasteiger partial charge is 0.465 e. The minimum absolute atomic E-state index is 0.502. The highest BCUT2D eigenvalue weighted by Gasteiger charge is 2.06. The number of nitrogens with zero attached hydrogens (tertiary/aromatic N) is 2. The molecule has 0 fully saturated rings. The Kier molecular flexibility index (Phi) is 2.50. The van der Waals surface area contributed by atoms with Gasteiger partial charge in [-0.3, -0.25) is 4.90 Å². The number of anilines is 1. The molecule has 4 heteroatoms. The fraction of sp³-hybridized carbons (Fsp3) is 0.111. The van der Waals surface area contributed by atoms with Gasteiger partial charge in [0.15, 0.2) is 5.69 Å². The Morgan fingerprint density at radius 3 is 2.38 bits per heavy atom. The molecule has 0 heterocycles. The van der Waals surface area contributed by atoms with Crippen LogP contribution in [0.2, 0.25) is 0 Å². The molecule has 0 spiro atoms. The summed E-state index contributed by atoms with van der Waals surface area (Å²) >= 11 is 0. The first kappa shape index (κ1) is 9.07. The molecular formula is C9H8N2O2. The molecule has 66 valence electrons. The zero-order valence-electron chi connectivity index (χ0n) is 7.06. The monoisotopic (exact) mass is 176 g/mol. The average molecular weight is 176 g/mol. The molecule has 0 aliphatic rings. The first-order chi connectivity index (χ1) is 6.15. The van der Waals surface area contributed by atoms with E-state index in [9.17, 15) is 4.79 Å². The zero-order valence-corrected chi connectivity index (χ0v) is 7.06. The molecule has 1 amide bonds. The van der Waals surface area contributed by atoms with Gasteiger partial charge in [0.05, 0.1) is 6.57 Å². The lowest BCUT2D eigenvalue weighted by Crippen LogP contribution is -2.23. The maximum atomic E-state index is 10.5. The maximum absolute atomic E-state index is 10.5. The second-order valence-corrected chi connectivity index (χ2v) is 2.47. The van der Waals surface area contributed by atoms with Gasteiger partial charge in [-0.25, -0.2) is 9.64 Å². The van der Waals surface area contributed by atoms with Crippen LogP contribution in [-0.2, 0) is 0 Å². The van der Waals surface area contributed by atoms with Crippen LogP contribution in [0.5, 0.6) is 0 Å². The van der Waals surface area contributed by atoms with E-state index in [4.69, 9.17) is 11.7 Å². The smallest absolute Gasteiger partial charge is 0.411 e. The molecule has 13 heavy (non-hydrogen) atoms. The number of amides is 1. The molecule has 0 aliphatic carbocycles. The van der Waals surface area contributed by atoms with Gasteiger partial charge in [0.25, 0.3) is 0 Å². The number of carboxylic acid groups (broad SMARTS) is 1. The Bertz CT molecular complexity index is 351. The van der Waals surface area contributed by atoms with E-state index >= 15 is 0 Å². The molecule has 4 nitrogen and oxygen atoms in total. The van der Waals surface area contributed by atoms with Gasteiger partial charge in [0, 0.05) is 12.7 Å². The van der Waals surface area contributed by atoms with E-state index in [1.54, 1.807) is 24.3 Å². The fourth-order valence-corrected chi connectivity index (χ4v) is 0.861. The number of carbonyl (C=O) groups is 1. The van der Waals surface area contributed by atoms with E-state index in [-0.39, 0.29) is 0 Å². The standard InChI is InChI=1S/C9H8N2O2/c1-10-7-3-5-8(6-4-7)11(2)9(12)13/h3-6H,2H3,(H,12,13). The van der Waals surface area contributed by atoms with Crippen molar-refractivity contribution in [2.24, 2.45) is 0 Å². The third-order valence-corrected chi connectivity index (χ3v) is 1.65. The quantitative estimate of drug-likeness (QED) is 0.667. The van der Waals surface area contributed by atoms with Crippen molar-refractivity contribution >= 4 is 17.5 Å². The molecule has 0 radical (unpaired) electrons. The van der Waals surface area contributed by atoms with Gasteiger partial charge < -0.3 is 5.11 Å². The van der Waals surface area contributed by atoms with Crippen molar-refractivity contribution in [2.75, 3.05) is 11.9 Å². The molecule has 0 aliphatic heterocycles. The van der Waals surface area contributed by atoms with Gasteiger partial charge in [-0.05, 0) is 12.1 Å². The number of rotatable bonds is 1. The van der Waals surface area contributed by atoms with Crippen LogP contribution < -0.4 is 4.90 Å². The van der Waals surface area contributed by atoms with Crippen LogP contribution in [0.15, 0.2) is 24.3 Å². The van der Waals surface area contributed by atoms with Gasteiger partial charge in [-0.2, -0.15) is 0 Å². The second-order valence-electron chi connectivity index (χ2n) is 2.47. The topological polar surface area (TPSA) is 44.9 Å². The lowest BCUT2D eigenvalue weighted by molar-refractivity contribution is 0.203. The van der Waals surface area contributed by atoms with Crippen LogP contribution in [0.1, 0.15) is 0 Å². The van der Waals surface area contributed by atoms with E-state index in [1.165, 1.54) is 7.05 Å². The molecule has 1 aromatic rings. The third-order valence-electron chi connectivity index (χ3n) is 1.65. The van der Waals surface area contributed by atoms with E-state index in [2.05, 4.69) is 4.85 Å². The lowest BCUT2D eigenvalue weighted by atomic mass is 10.3. The van der Waals surface area contributed by atoms with E-state index in [0.717, 1.165) is 4.90 Å². The number of benzene rings is 1. The minimum Gasteiger partial charge on any atom is -0.465 e. The molecule has 1 N–H and O–H groups in total. The number of hydrogen-bond donors (Lipinski definition) is 1. The summed E-state index contributed by atoms with van der Waals surface area (Å²) in [4.78, 5) is 14.8. The van der Waals surface area contributed by atoms with Crippen molar-refractivity contribution < 1.29 is 9.90 Å². The van der Waals surface area contributed by atoms with Crippen molar-refractivity contribution in [1.29, 1.82) is 0 Å². The summed E-state index contributed by atoms with van der Waals surface area (Å²) < 4.78 is 0. The third kappa shape index (κ3) is 1.97. The van der Waals surface area contributed by atoms with Crippen LogP contribution in [-0.4, -0.2) is 18.2 Å². The Morgan fingerprint density at radius 1 is 1.46 bits per heavy atom. The minimum atomic E-state index is -1.02. The van der Waals surface area contributed by atoms with Crippen molar-refractivity contribution in [3.8, 4) is 0 Å². The Labute approximate surface area is 75.8 Å².